The minimum Gasteiger partial charge on any atom is -0.478 e. The Morgan fingerprint density at radius 1 is 1.17 bits per heavy atom. The highest BCUT2D eigenvalue weighted by Crippen LogP contribution is 2.50. The molecule has 0 aromatic carbocycles. The number of hydrogen-bond donors (Lipinski definition) is 1. The maximum absolute atomic E-state index is 10.6. The van der Waals surface area contributed by atoms with Gasteiger partial charge in [0.2, 0.25) is 0 Å². The van der Waals surface area contributed by atoms with E-state index in [9.17, 15) is 4.79 Å². The van der Waals surface area contributed by atoms with E-state index in [1.54, 1.807) is 6.92 Å². The summed E-state index contributed by atoms with van der Waals surface area (Å²) >= 11 is 1.91. The quantitative estimate of drug-likeness (QED) is 0.530. The van der Waals surface area contributed by atoms with Gasteiger partial charge in [-0.2, -0.15) is 0 Å². The fourth-order valence-corrected chi connectivity index (χ4v) is 4.58. The van der Waals surface area contributed by atoms with E-state index >= 15 is 0 Å². The van der Waals surface area contributed by atoms with Crippen molar-refractivity contribution in [2.24, 2.45) is 0 Å². The Labute approximate surface area is 149 Å². The molecule has 130 valence electrons. The standard InChI is InChI=1S/C21H28O2S/c1-14(12-18(22)23)8-7-9-15(2)17-13-16-19(24-17)21(5,6)11-10-20(16,3)4/h7-9,12-13H,10-11H2,1-6H3,(H,22,23)/b8-7+,14-12+,15-9-. The molecule has 3 heteroatoms. The molecule has 0 fully saturated rings. The number of fused-ring (bicyclic) bond motifs is 1. The maximum Gasteiger partial charge on any atom is 0.328 e. The fraction of sp³-hybridized carbons (Fsp3) is 0.476. The topological polar surface area (TPSA) is 37.3 Å². The van der Waals surface area contributed by atoms with Crippen LogP contribution < -0.4 is 0 Å². The van der Waals surface area contributed by atoms with Crippen LogP contribution in [0.5, 0.6) is 0 Å². The van der Waals surface area contributed by atoms with Crippen molar-refractivity contribution in [1.29, 1.82) is 0 Å². The lowest BCUT2D eigenvalue weighted by atomic mass is 9.67. The molecule has 0 aliphatic heterocycles. The van der Waals surface area contributed by atoms with Gasteiger partial charge >= 0.3 is 5.97 Å². The number of carbonyl (C=O) groups is 1. The van der Waals surface area contributed by atoms with E-state index in [4.69, 9.17) is 5.11 Å². The van der Waals surface area contributed by atoms with Crippen molar-refractivity contribution >= 4 is 22.9 Å². The molecule has 1 aromatic rings. The van der Waals surface area contributed by atoms with Gasteiger partial charge in [0.05, 0.1) is 0 Å². The van der Waals surface area contributed by atoms with E-state index < -0.39 is 5.97 Å². The second-order valence-electron chi connectivity index (χ2n) is 8.06. The van der Waals surface area contributed by atoms with Crippen LogP contribution in [-0.4, -0.2) is 11.1 Å². The average Bonchev–Trinajstić information content (AvgIpc) is 2.91. The summed E-state index contributed by atoms with van der Waals surface area (Å²) in [6.45, 7) is 13.3. The van der Waals surface area contributed by atoms with E-state index in [1.165, 1.54) is 39.8 Å². The van der Waals surface area contributed by atoms with Crippen LogP contribution >= 0.6 is 11.3 Å². The maximum atomic E-state index is 10.6. The van der Waals surface area contributed by atoms with Gasteiger partial charge in [0.1, 0.15) is 0 Å². The highest BCUT2D eigenvalue weighted by Gasteiger charge is 2.38. The first-order valence-corrected chi connectivity index (χ1v) is 9.26. The van der Waals surface area contributed by atoms with Crippen LogP contribution in [-0.2, 0) is 15.6 Å². The van der Waals surface area contributed by atoms with Crippen molar-refractivity contribution in [2.75, 3.05) is 0 Å². The summed E-state index contributed by atoms with van der Waals surface area (Å²) in [6, 6.07) is 2.36. The van der Waals surface area contributed by atoms with Crippen LogP contribution in [0.1, 0.15) is 69.7 Å². The Morgan fingerprint density at radius 2 is 1.79 bits per heavy atom. The molecular weight excluding hydrogens is 316 g/mol. The van der Waals surface area contributed by atoms with E-state index in [2.05, 4.69) is 46.8 Å². The minimum atomic E-state index is -0.909. The zero-order valence-corrected chi connectivity index (χ0v) is 16.4. The van der Waals surface area contributed by atoms with Crippen molar-refractivity contribution in [2.45, 2.75) is 65.2 Å². The summed E-state index contributed by atoms with van der Waals surface area (Å²) in [7, 11) is 0. The van der Waals surface area contributed by atoms with Gasteiger partial charge in [-0.1, -0.05) is 45.9 Å². The lowest BCUT2D eigenvalue weighted by Gasteiger charge is -2.39. The molecule has 24 heavy (non-hydrogen) atoms. The molecule has 0 unspecified atom stereocenters. The summed E-state index contributed by atoms with van der Waals surface area (Å²) in [5.41, 5.74) is 3.96. The molecule has 2 nitrogen and oxygen atoms in total. The number of hydrogen-bond acceptors (Lipinski definition) is 2. The third-order valence-corrected chi connectivity index (χ3v) is 6.53. The molecule has 0 saturated heterocycles. The highest BCUT2D eigenvalue weighted by molar-refractivity contribution is 7.13. The van der Waals surface area contributed by atoms with E-state index in [-0.39, 0.29) is 10.8 Å². The summed E-state index contributed by atoms with van der Waals surface area (Å²) in [4.78, 5) is 13.5. The third-order valence-electron chi connectivity index (χ3n) is 4.90. The molecule has 1 aliphatic carbocycles. The SMILES string of the molecule is C/C(=C/C=C/C(C)=C/C(=O)O)c1cc2c(s1)C(C)(C)CCC2(C)C. The molecule has 1 N–H and O–H groups in total. The number of thiophene rings is 1. The molecule has 2 rings (SSSR count). The summed E-state index contributed by atoms with van der Waals surface area (Å²) in [6.07, 6.45) is 9.50. The predicted molar refractivity (Wildman–Crippen MR) is 104 cm³/mol. The normalized spacial score (nSPS) is 20.2. The minimum absolute atomic E-state index is 0.247. The third kappa shape index (κ3) is 4.07. The van der Waals surface area contributed by atoms with Gasteiger partial charge in [-0.15, -0.1) is 11.3 Å². The number of aliphatic carboxylic acids is 1. The van der Waals surface area contributed by atoms with Gasteiger partial charge < -0.3 is 5.11 Å². The van der Waals surface area contributed by atoms with Crippen LogP contribution in [0.3, 0.4) is 0 Å². The Balaban J connectivity index is 2.31. The average molecular weight is 345 g/mol. The second kappa shape index (κ2) is 6.72. The Hall–Kier alpha value is -1.61. The fourth-order valence-electron chi connectivity index (χ4n) is 3.13. The van der Waals surface area contributed by atoms with Gasteiger partial charge in [0.25, 0.3) is 0 Å². The first kappa shape index (κ1) is 18.7. The van der Waals surface area contributed by atoms with Crippen LogP contribution in [0.15, 0.2) is 35.9 Å². The molecule has 0 spiro atoms. The van der Waals surface area contributed by atoms with Crippen molar-refractivity contribution < 1.29 is 9.90 Å². The van der Waals surface area contributed by atoms with Crippen molar-refractivity contribution in [3.8, 4) is 0 Å². The van der Waals surface area contributed by atoms with Gasteiger partial charge in [-0.3, -0.25) is 0 Å². The van der Waals surface area contributed by atoms with Crippen LogP contribution in [0, 0.1) is 0 Å². The largest absolute Gasteiger partial charge is 0.478 e. The van der Waals surface area contributed by atoms with E-state index in [1.807, 2.05) is 23.5 Å². The summed E-state index contributed by atoms with van der Waals surface area (Å²) < 4.78 is 0. The second-order valence-corrected chi connectivity index (χ2v) is 9.11. The highest BCUT2D eigenvalue weighted by atomic mass is 32.1. The lowest BCUT2D eigenvalue weighted by molar-refractivity contribution is -0.131. The zero-order valence-electron chi connectivity index (χ0n) is 15.6. The Kier molecular flexibility index (Phi) is 5.24. The Morgan fingerprint density at radius 3 is 2.38 bits per heavy atom. The van der Waals surface area contributed by atoms with Crippen molar-refractivity contribution in [3.63, 3.8) is 0 Å². The Bertz CT molecular complexity index is 694. The zero-order chi connectivity index (χ0) is 18.1. The summed E-state index contributed by atoms with van der Waals surface area (Å²) in [5, 5.41) is 8.74. The van der Waals surface area contributed by atoms with Gasteiger partial charge in [0.15, 0.2) is 0 Å². The van der Waals surface area contributed by atoms with Crippen LogP contribution in [0.4, 0.5) is 0 Å². The molecule has 0 saturated carbocycles. The lowest BCUT2D eigenvalue weighted by Crippen LogP contribution is -2.31. The van der Waals surface area contributed by atoms with E-state index in [0.717, 1.165) is 5.57 Å². The van der Waals surface area contributed by atoms with E-state index in [0.29, 0.717) is 0 Å². The van der Waals surface area contributed by atoms with Gasteiger partial charge in [-0.05, 0) is 60.3 Å². The molecule has 0 radical (unpaired) electrons. The van der Waals surface area contributed by atoms with Crippen molar-refractivity contribution in [3.05, 3.63) is 51.3 Å². The van der Waals surface area contributed by atoms with Gasteiger partial charge in [0, 0.05) is 15.8 Å². The molecule has 0 atom stereocenters. The molecule has 0 amide bonds. The van der Waals surface area contributed by atoms with Crippen molar-refractivity contribution in [1.82, 2.24) is 0 Å². The van der Waals surface area contributed by atoms with Crippen LogP contribution in [0.25, 0.3) is 5.57 Å². The molecule has 0 bridgehead atoms. The number of rotatable bonds is 4. The predicted octanol–water partition coefficient (Wildman–Crippen LogP) is 6.09. The smallest absolute Gasteiger partial charge is 0.328 e. The molecular formula is C21H28O2S. The number of carboxylic acids is 1. The first-order valence-electron chi connectivity index (χ1n) is 8.44. The summed E-state index contributed by atoms with van der Waals surface area (Å²) in [5.74, 6) is -0.909. The monoisotopic (exact) mass is 344 g/mol. The number of carboxylic acid groups (broad SMARTS) is 1. The first-order chi connectivity index (χ1) is 11.0. The number of allylic oxidation sites excluding steroid dienone is 5. The molecule has 1 heterocycles. The molecule has 1 aromatic heterocycles. The van der Waals surface area contributed by atoms with Gasteiger partial charge in [-0.25, -0.2) is 4.79 Å². The van der Waals surface area contributed by atoms with Crippen LogP contribution in [0.2, 0.25) is 0 Å². The molecule has 1 aliphatic rings.